The number of methoxy groups -OCH3 is 2. The molecule has 0 bridgehead atoms. The van der Waals surface area contributed by atoms with Gasteiger partial charge in [-0.05, 0) is 123 Å². The summed E-state index contributed by atoms with van der Waals surface area (Å²) in [7, 11) is 2.86. The summed E-state index contributed by atoms with van der Waals surface area (Å²) in [6, 6.07) is 18.3. The highest BCUT2D eigenvalue weighted by atomic mass is 127. The van der Waals surface area contributed by atoms with Gasteiger partial charge >= 0.3 is 5.97 Å². The second kappa shape index (κ2) is 12.6. The van der Waals surface area contributed by atoms with E-state index in [4.69, 9.17) is 38.0 Å². The van der Waals surface area contributed by atoms with Gasteiger partial charge in [0.05, 0.1) is 27.0 Å². The van der Waals surface area contributed by atoms with Crippen LogP contribution in [0.15, 0.2) is 66.4 Å². The average Bonchev–Trinajstić information content (AvgIpc) is 3.13. The fraction of sp³-hybridized carbons (Fsp3) is 0.148. The van der Waals surface area contributed by atoms with E-state index >= 15 is 0 Å². The van der Waals surface area contributed by atoms with Gasteiger partial charge in [-0.25, -0.2) is 0 Å². The summed E-state index contributed by atoms with van der Waals surface area (Å²) in [5.41, 5.74) is 2.58. The fourth-order valence-electron chi connectivity index (χ4n) is 3.68. The van der Waals surface area contributed by atoms with Gasteiger partial charge in [0.25, 0.3) is 5.91 Å². The molecular formula is C27H21ClI2N2O5S. The van der Waals surface area contributed by atoms with Gasteiger partial charge in [0.2, 0.25) is 0 Å². The van der Waals surface area contributed by atoms with E-state index in [-0.39, 0.29) is 23.3 Å². The summed E-state index contributed by atoms with van der Waals surface area (Å²) < 4.78 is 17.9. The Balaban J connectivity index is 1.65. The molecule has 0 saturated carbocycles. The highest BCUT2D eigenvalue weighted by Gasteiger charge is 2.40. The molecule has 1 aliphatic heterocycles. The monoisotopic (exact) mass is 774 g/mol. The number of hydrogen-bond donors (Lipinski definition) is 0. The van der Waals surface area contributed by atoms with E-state index in [0.717, 1.165) is 24.0 Å². The number of benzene rings is 3. The summed E-state index contributed by atoms with van der Waals surface area (Å²) in [4.78, 5) is 28.6. The Morgan fingerprint density at radius 2 is 1.66 bits per heavy atom. The summed E-state index contributed by atoms with van der Waals surface area (Å²) >= 11 is 16.0. The Labute approximate surface area is 258 Å². The lowest BCUT2D eigenvalue weighted by Crippen LogP contribution is -2.35. The highest BCUT2D eigenvalue weighted by molar-refractivity contribution is 14.1. The van der Waals surface area contributed by atoms with Crippen LogP contribution in [0.5, 0.6) is 11.5 Å². The molecule has 1 aliphatic rings. The predicted molar refractivity (Wildman–Crippen MR) is 167 cm³/mol. The lowest BCUT2D eigenvalue weighted by atomic mass is 10.1. The second-order valence-corrected chi connectivity index (χ2v) is 11.2. The van der Waals surface area contributed by atoms with E-state index in [1.165, 1.54) is 16.9 Å². The average molecular weight is 775 g/mol. The number of ether oxygens (including phenoxy) is 3. The molecule has 7 nitrogen and oxygen atoms in total. The van der Waals surface area contributed by atoms with E-state index in [9.17, 15) is 9.59 Å². The Morgan fingerprint density at radius 3 is 2.24 bits per heavy atom. The van der Waals surface area contributed by atoms with Crippen LogP contribution >= 0.6 is 69.0 Å². The largest absolute Gasteiger partial charge is 0.497 e. The summed E-state index contributed by atoms with van der Waals surface area (Å²) in [5.74, 6) is 0.522. The minimum absolute atomic E-state index is 0.184. The number of carbonyl (C=O) groups excluding carboxylic acids is 2. The van der Waals surface area contributed by atoms with E-state index in [1.807, 2.05) is 36.4 Å². The Bertz CT molecular complexity index is 1390. The van der Waals surface area contributed by atoms with Crippen LogP contribution in [0.4, 0.5) is 5.69 Å². The van der Waals surface area contributed by atoms with Crippen molar-refractivity contribution in [1.82, 2.24) is 4.90 Å². The van der Waals surface area contributed by atoms with Gasteiger partial charge < -0.3 is 19.1 Å². The number of anilines is 1. The standard InChI is InChI=1S/C27H21ClI2N2O5S/c1-35-20-9-7-19(8-10-20)32-26(34)23(31(27(32)38)14-24(33)36-2)13-17-11-21(29)25(22(30)12-17)37-15-16-3-5-18(28)6-4-16/h3-13H,14-15H2,1-2H3/b23-13-. The molecular weight excluding hydrogens is 754 g/mol. The second-order valence-electron chi connectivity index (χ2n) is 8.04. The van der Waals surface area contributed by atoms with Crippen LogP contribution in [0.3, 0.4) is 0 Å². The Kier molecular flexibility index (Phi) is 9.50. The van der Waals surface area contributed by atoms with Crippen molar-refractivity contribution < 1.29 is 23.8 Å². The molecule has 4 rings (SSSR count). The van der Waals surface area contributed by atoms with Gasteiger partial charge in [-0.3, -0.25) is 14.5 Å². The summed E-state index contributed by atoms with van der Waals surface area (Å²) in [5, 5.41) is 0.854. The van der Waals surface area contributed by atoms with Crippen molar-refractivity contribution in [3.63, 3.8) is 0 Å². The van der Waals surface area contributed by atoms with Gasteiger partial charge in [0.15, 0.2) is 5.11 Å². The number of hydrogen-bond acceptors (Lipinski definition) is 6. The number of nitrogens with zero attached hydrogens (tertiary/aromatic N) is 2. The molecule has 0 aromatic heterocycles. The van der Waals surface area contributed by atoms with E-state index in [1.54, 1.807) is 37.5 Å². The zero-order valence-electron chi connectivity index (χ0n) is 20.2. The third-order valence-corrected chi connectivity index (χ3v) is 7.86. The number of esters is 1. The Morgan fingerprint density at radius 1 is 1.03 bits per heavy atom. The molecule has 0 unspecified atom stereocenters. The van der Waals surface area contributed by atoms with Crippen LogP contribution in [0.1, 0.15) is 11.1 Å². The Hall–Kier alpha value is -2.42. The molecule has 1 saturated heterocycles. The molecule has 0 atom stereocenters. The molecule has 0 spiro atoms. The minimum atomic E-state index is -0.516. The molecule has 0 radical (unpaired) electrons. The van der Waals surface area contributed by atoms with Gasteiger partial charge in [-0.1, -0.05) is 23.7 Å². The van der Waals surface area contributed by atoms with Crippen molar-refractivity contribution in [2.45, 2.75) is 6.61 Å². The number of rotatable bonds is 8. The van der Waals surface area contributed by atoms with Crippen molar-refractivity contribution in [2.24, 2.45) is 0 Å². The van der Waals surface area contributed by atoms with Crippen LogP contribution in [-0.4, -0.2) is 42.7 Å². The number of amides is 1. The van der Waals surface area contributed by atoms with Crippen molar-refractivity contribution in [3.05, 3.63) is 89.7 Å². The number of halogens is 3. The van der Waals surface area contributed by atoms with Gasteiger partial charge in [0, 0.05) is 5.02 Å². The summed E-state index contributed by atoms with van der Waals surface area (Å²) in [6.45, 7) is 0.191. The first-order valence-electron chi connectivity index (χ1n) is 11.2. The van der Waals surface area contributed by atoms with E-state index < -0.39 is 5.97 Å². The minimum Gasteiger partial charge on any atom is -0.497 e. The van der Waals surface area contributed by atoms with Crippen LogP contribution < -0.4 is 14.4 Å². The van der Waals surface area contributed by atoms with Crippen molar-refractivity contribution in [3.8, 4) is 11.5 Å². The number of carbonyl (C=O) groups is 2. The predicted octanol–water partition coefficient (Wildman–Crippen LogP) is 6.28. The lowest BCUT2D eigenvalue weighted by molar-refractivity contribution is -0.140. The maximum Gasteiger partial charge on any atom is 0.325 e. The van der Waals surface area contributed by atoms with E-state index in [0.29, 0.717) is 23.1 Å². The first-order chi connectivity index (χ1) is 18.2. The van der Waals surface area contributed by atoms with E-state index in [2.05, 4.69) is 45.2 Å². The molecule has 3 aromatic rings. The van der Waals surface area contributed by atoms with Crippen LogP contribution in [0.2, 0.25) is 5.02 Å². The normalized spacial score (nSPS) is 14.3. The maximum atomic E-state index is 13.6. The molecule has 1 fully saturated rings. The van der Waals surface area contributed by atoms with Gasteiger partial charge in [0.1, 0.15) is 30.3 Å². The third kappa shape index (κ3) is 6.41. The van der Waals surface area contributed by atoms with Gasteiger partial charge in [-0.15, -0.1) is 0 Å². The smallest absolute Gasteiger partial charge is 0.325 e. The molecule has 11 heteroatoms. The summed E-state index contributed by atoms with van der Waals surface area (Å²) in [6.07, 6.45) is 1.72. The molecule has 1 amide bonds. The molecule has 0 aliphatic carbocycles. The third-order valence-electron chi connectivity index (χ3n) is 5.60. The fourth-order valence-corrected chi connectivity index (χ4v) is 6.29. The zero-order chi connectivity index (χ0) is 27.4. The molecule has 1 heterocycles. The first kappa shape index (κ1) is 28.6. The molecule has 38 heavy (non-hydrogen) atoms. The molecule has 196 valence electrons. The number of thiocarbonyl (C=S) groups is 1. The van der Waals surface area contributed by atoms with Crippen LogP contribution in [-0.2, 0) is 20.9 Å². The van der Waals surface area contributed by atoms with Crippen molar-refractivity contribution in [1.29, 1.82) is 0 Å². The molecule has 3 aromatic carbocycles. The first-order valence-corrected chi connectivity index (χ1v) is 14.1. The molecule has 0 N–H and O–H groups in total. The topological polar surface area (TPSA) is 68.3 Å². The van der Waals surface area contributed by atoms with Crippen molar-refractivity contribution >= 4 is 97.8 Å². The maximum absolute atomic E-state index is 13.6. The van der Waals surface area contributed by atoms with Crippen LogP contribution in [0, 0.1) is 7.14 Å². The SMILES string of the molecule is COC(=O)CN1C(=S)N(c2ccc(OC)cc2)C(=O)/C1=C/c1cc(I)c(OCc2ccc(Cl)cc2)c(I)c1. The lowest BCUT2D eigenvalue weighted by Gasteiger charge is -2.19. The van der Waals surface area contributed by atoms with Gasteiger partial charge in [-0.2, -0.15) is 0 Å². The zero-order valence-corrected chi connectivity index (χ0v) is 26.1. The van der Waals surface area contributed by atoms with Crippen LogP contribution in [0.25, 0.3) is 6.08 Å². The highest BCUT2D eigenvalue weighted by Crippen LogP contribution is 2.33. The quantitative estimate of drug-likeness (QED) is 0.116. The van der Waals surface area contributed by atoms with Crippen molar-refractivity contribution in [2.75, 3.05) is 25.7 Å².